The molecule has 0 saturated carbocycles. The van der Waals surface area contributed by atoms with Crippen LogP contribution in [-0.2, 0) is 25.9 Å². The molecule has 0 atom stereocenters. The van der Waals surface area contributed by atoms with Gasteiger partial charge in [-0.2, -0.15) is 5.21 Å². The van der Waals surface area contributed by atoms with Crippen LogP contribution >= 0.6 is 0 Å². The van der Waals surface area contributed by atoms with Crippen molar-refractivity contribution in [2.45, 2.75) is 52.6 Å². The average Bonchev–Trinajstić information content (AvgIpc) is 3.55. The second-order valence-corrected chi connectivity index (χ2v) is 9.24. The fourth-order valence-corrected chi connectivity index (χ4v) is 4.76. The molecule has 0 unspecified atom stereocenters. The van der Waals surface area contributed by atoms with Gasteiger partial charge in [-0.25, -0.2) is 4.79 Å². The van der Waals surface area contributed by atoms with E-state index in [9.17, 15) is 4.79 Å². The number of nitrogens with zero attached hydrogens (tertiary/aromatic N) is 6. The Hall–Kier alpha value is -4.33. The number of benzene rings is 2. The van der Waals surface area contributed by atoms with Crippen LogP contribution in [-0.4, -0.2) is 34.7 Å². The number of imidazole rings is 1. The standard InChI is InChI=1S/C29H31N7O/c1-3-4-13-27-21(2)35(17-15-22-9-6-5-7-10-22)29(37)36(27)20-26-19-24(14-16-30-26)23-11-8-12-25(18-23)28-31-33-34-32-28/h5-12,14,16,18-19H,3-4,13,15,17,20H2,1-2H3,(H,31,32,33,34). The molecule has 0 radical (unpaired) electrons. The molecule has 0 fully saturated rings. The summed E-state index contributed by atoms with van der Waals surface area (Å²) in [5.74, 6) is 0.551. The van der Waals surface area contributed by atoms with Crippen molar-refractivity contribution in [1.82, 2.24) is 34.7 Å². The van der Waals surface area contributed by atoms with E-state index in [1.165, 1.54) is 5.56 Å². The Morgan fingerprint density at radius 3 is 2.49 bits per heavy atom. The molecule has 0 aliphatic carbocycles. The zero-order valence-corrected chi connectivity index (χ0v) is 21.3. The third-order valence-corrected chi connectivity index (χ3v) is 6.78. The summed E-state index contributed by atoms with van der Waals surface area (Å²) in [5, 5.41) is 14.3. The summed E-state index contributed by atoms with van der Waals surface area (Å²) in [6, 6.07) is 22.4. The molecule has 0 bridgehead atoms. The highest BCUT2D eigenvalue weighted by Gasteiger charge is 2.17. The van der Waals surface area contributed by atoms with Gasteiger partial charge in [-0.05, 0) is 66.3 Å². The van der Waals surface area contributed by atoms with Crippen LogP contribution in [0.2, 0.25) is 0 Å². The number of tetrazole rings is 1. The molecule has 0 amide bonds. The van der Waals surface area contributed by atoms with E-state index in [1.807, 2.05) is 63.9 Å². The van der Waals surface area contributed by atoms with Crippen molar-refractivity contribution in [3.8, 4) is 22.5 Å². The number of nitrogens with one attached hydrogen (secondary N) is 1. The van der Waals surface area contributed by atoms with Gasteiger partial charge in [-0.15, -0.1) is 10.2 Å². The van der Waals surface area contributed by atoms with E-state index in [1.54, 1.807) is 0 Å². The molecule has 37 heavy (non-hydrogen) atoms. The van der Waals surface area contributed by atoms with Crippen LogP contribution < -0.4 is 5.69 Å². The summed E-state index contributed by atoms with van der Waals surface area (Å²) in [7, 11) is 0. The Balaban J connectivity index is 1.44. The first kappa shape index (κ1) is 24.4. The lowest BCUT2D eigenvalue weighted by Gasteiger charge is -2.09. The van der Waals surface area contributed by atoms with Crippen molar-refractivity contribution in [3.05, 3.63) is 106 Å². The minimum atomic E-state index is 0.0332. The van der Waals surface area contributed by atoms with E-state index in [0.717, 1.165) is 59.5 Å². The van der Waals surface area contributed by atoms with Gasteiger partial charge >= 0.3 is 5.69 Å². The van der Waals surface area contributed by atoms with Crippen LogP contribution in [0.25, 0.3) is 22.5 Å². The van der Waals surface area contributed by atoms with Gasteiger partial charge in [-0.3, -0.25) is 14.1 Å². The minimum absolute atomic E-state index is 0.0332. The number of hydrogen-bond donors (Lipinski definition) is 1. The minimum Gasteiger partial charge on any atom is -0.296 e. The maximum Gasteiger partial charge on any atom is 0.328 e. The Bertz CT molecular complexity index is 1520. The zero-order chi connectivity index (χ0) is 25.6. The van der Waals surface area contributed by atoms with E-state index < -0.39 is 0 Å². The van der Waals surface area contributed by atoms with Gasteiger partial charge in [0.2, 0.25) is 5.82 Å². The lowest BCUT2D eigenvalue weighted by molar-refractivity contribution is 0.616. The molecular weight excluding hydrogens is 462 g/mol. The molecule has 5 aromatic rings. The van der Waals surface area contributed by atoms with Gasteiger partial charge in [0.05, 0.1) is 12.2 Å². The third kappa shape index (κ3) is 5.43. The molecule has 2 aromatic carbocycles. The number of aromatic amines is 1. The van der Waals surface area contributed by atoms with Crippen molar-refractivity contribution in [2.24, 2.45) is 0 Å². The van der Waals surface area contributed by atoms with Crippen molar-refractivity contribution < 1.29 is 0 Å². The Morgan fingerprint density at radius 2 is 1.70 bits per heavy atom. The van der Waals surface area contributed by atoms with E-state index in [2.05, 4.69) is 57.7 Å². The van der Waals surface area contributed by atoms with Crippen LogP contribution in [0.15, 0.2) is 77.7 Å². The van der Waals surface area contributed by atoms with Crippen LogP contribution in [0.5, 0.6) is 0 Å². The first-order valence-electron chi connectivity index (χ1n) is 12.8. The van der Waals surface area contributed by atoms with Gasteiger partial charge in [-0.1, -0.05) is 61.9 Å². The topological polar surface area (TPSA) is 94.3 Å². The smallest absolute Gasteiger partial charge is 0.296 e. The number of unbranched alkanes of at least 4 members (excludes halogenated alkanes) is 1. The van der Waals surface area contributed by atoms with Crippen molar-refractivity contribution >= 4 is 0 Å². The van der Waals surface area contributed by atoms with Crippen LogP contribution in [0.3, 0.4) is 0 Å². The lowest BCUT2D eigenvalue weighted by Crippen LogP contribution is -2.26. The van der Waals surface area contributed by atoms with E-state index in [4.69, 9.17) is 0 Å². The predicted octanol–water partition coefficient (Wildman–Crippen LogP) is 4.83. The Morgan fingerprint density at radius 1 is 0.892 bits per heavy atom. The molecule has 3 aromatic heterocycles. The largest absolute Gasteiger partial charge is 0.328 e. The van der Waals surface area contributed by atoms with Crippen molar-refractivity contribution in [2.75, 3.05) is 0 Å². The molecule has 5 rings (SSSR count). The summed E-state index contributed by atoms with van der Waals surface area (Å²) >= 11 is 0. The number of aryl methyl sites for hydroxylation is 1. The normalized spacial score (nSPS) is 11.2. The second-order valence-electron chi connectivity index (χ2n) is 9.24. The maximum absolute atomic E-state index is 13.6. The first-order valence-corrected chi connectivity index (χ1v) is 12.8. The molecular formula is C29H31N7O. The number of pyridine rings is 1. The summed E-state index contributed by atoms with van der Waals surface area (Å²) < 4.78 is 3.84. The number of rotatable bonds is 10. The molecule has 8 heteroatoms. The van der Waals surface area contributed by atoms with Gasteiger partial charge in [0.1, 0.15) is 0 Å². The lowest BCUT2D eigenvalue weighted by atomic mass is 10.0. The summed E-state index contributed by atoms with van der Waals surface area (Å²) in [6.07, 6.45) is 5.62. The van der Waals surface area contributed by atoms with Crippen molar-refractivity contribution in [1.29, 1.82) is 0 Å². The maximum atomic E-state index is 13.6. The van der Waals surface area contributed by atoms with E-state index >= 15 is 0 Å². The zero-order valence-electron chi connectivity index (χ0n) is 21.3. The molecule has 3 heterocycles. The number of hydrogen-bond acceptors (Lipinski definition) is 5. The van der Waals surface area contributed by atoms with E-state index in [-0.39, 0.29) is 5.69 Å². The molecule has 0 aliphatic rings. The van der Waals surface area contributed by atoms with Gasteiger partial charge < -0.3 is 0 Å². The molecule has 0 saturated heterocycles. The highest BCUT2D eigenvalue weighted by Crippen LogP contribution is 2.25. The molecule has 0 aliphatic heterocycles. The average molecular weight is 494 g/mol. The Labute approximate surface area is 216 Å². The third-order valence-electron chi connectivity index (χ3n) is 6.78. The van der Waals surface area contributed by atoms with E-state index in [0.29, 0.717) is 18.9 Å². The highest BCUT2D eigenvalue weighted by molar-refractivity contribution is 5.70. The monoisotopic (exact) mass is 493 g/mol. The summed E-state index contributed by atoms with van der Waals surface area (Å²) in [4.78, 5) is 18.2. The van der Waals surface area contributed by atoms with Gasteiger partial charge in [0.25, 0.3) is 0 Å². The van der Waals surface area contributed by atoms with Gasteiger partial charge in [0, 0.05) is 29.7 Å². The van der Waals surface area contributed by atoms with Crippen LogP contribution in [0, 0.1) is 6.92 Å². The number of aromatic nitrogens is 7. The van der Waals surface area contributed by atoms with Gasteiger partial charge in [0.15, 0.2) is 0 Å². The second kappa shape index (κ2) is 11.2. The van der Waals surface area contributed by atoms with Crippen molar-refractivity contribution in [3.63, 3.8) is 0 Å². The molecule has 8 nitrogen and oxygen atoms in total. The fourth-order valence-electron chi connectivity index (χ4n) is 4.76. The van der Waals surface area contributed by atoms with Crippen LogP contribution in [0.1, 0.15) is 42.4 Å². The highest BCUT2D eigenvalue weighted by atomic mass is 16.1. The SMILES string of the molecule is CCCCc1c(C)n(CCc2ccccc2)c(=O)n1Cc1cc(-c2cccc(-c3nn[nH]n3)c2)ccn1. The quantitative estimate of drug-likeness (QED) is 0.301. The number of H-pyrrole nitrogens is 1. The Kier molecular flexibility index (Phi) is 7.35. The summed E-state index contributed by atoms with van der Waals surface area (Å²) in [6.45, 7) is 5.35. The molecule has 188 valence electrons. The molecule has 1 N–H and O–H groups in total. The summed E-state index contributed by atoms with van der Waals surface area (Å²) in [5.41, 5.74) is 7.21. The first-order chi connectivity index (χ1) is 18.1. The molecule has 0 spiro atoms. The predicted molar refractivity (Wildman–Crippen MR) is 144 cm³/mol. The van der Waals surface area contributed by atoms with Crippen LogP contribution in [0.4, 0.5) is 0 Å². The fraction of sp³-hybridized carbons (Fsp3) is 0.276.